The van der Waals surface area contributed by atoms with Gasteiger partial charge in [-0.15, -0.1) is 0 Å². The maximum Gasteiger partial charge on any atom is 0.267 e. The molecular formula is C22H25ClN2O3. The van der Waals surface area contributed by atoms with E-state index >= 15 is 0 Å². The number of aromatic amines is 1. The van der Waals surface area contributed by atoms with E-state index in [0.717, 1.165) is 69.2 Å². The van der Waals surface area contributed by atoms with Gasteiger partial charge in [0.15, 0.2) is 0 Å². The van der Waals surface area contributed by atoms with Crippen LogP contribution in [0, 0.1) is 5.92 Å². The summed E-state index contributed by atoms with van der Waals surface area (Å²) in [6.07, 6.45) is 4.26. The van der Waals surface area contributed by atoms with Gasteiger partial charge in [-0.25, -0.2) is 0 Å². The highest BCUT2D eigenvalue weighted by atomic mass is 35.5. The Bertz CT molecular complexity index is 879. The van der Waals surface area contributed by atoms with Crippen molar-refractivity contribution < 1.29 is 9.47 Å². The van der Waals surface area contributed by atoms with Crippen LogP contribution in [0.3, 0.4) is 0 Å². The first-order chi connectivity index (χ1) is 13.7. The van der Waals surface area contributed by atoms with Gasteiger partial charge >= 0.3 is 0 Å². The number of nitrogens with one attached hydrogen (secondary N) is 1. The molecule has 28 heavy (non-hydrogen) atoms. The number of rotatable bonds is 4. The van der Waals surface area contributed by atoms with Crippen molar-refractivity contribution in [1.29, 1.82) is 0 Å². The van der Waals surface area contributed by atoms with Crippen LogP contribution in [0.4, 0.5) is 5.69 Å². The molecule has 0 saturated carbocycles. The minimum Gasteiger partial charge on any atom is -0.381 e. The molecule has 148 valence electrons. The summed E-state index contributed by atoms with van der Waals surface area (Å²) in [6.45, 7) is 4.91. The Morgan fingerprint density at radius 2 is 1.68 bits per heavy atom. The zero-order valence-electron chi connectivity index (χ0n) is 15.8. The smallest absolute Gasteiger partial charge is 0.267 e. The van der Waals surface area contributed by atoms with Gasteiger partial charge in [0.2, 0.25) is 0 Å². The van der Waals surface area contributed by atoms with Crippen molar-refractivity contribution >= 4 is 22.9 Å². The predicted octanol–water partition coefficient (Wildman–Crippen LogP) is 3.72. The molecule has 0 radical (unpaired) electrons. The number of anilines is 1. The normalized spacial score (nSPS) is 19.0. The number of aromatic nitrogens is 1. The van der Waals surface area contributed by atoms with Crippen molar-refractivity contribution in [2.75, 3.05) is 44.4 Å². The van der Waals surface area contributed by atoms with Crippen molar-refractivity contribution in [3.05, 3.63) is 69.1 Å². The fourth-order valence-electron chi connectivity index (χ4n) is 3.75. The summed E-state index contributed by atoms with van der Waals surface area (Å²) in [5.41, 5.74) is 3.85. The first kappa shape index (κ1) is 19.2. The summed E-state index contributed by atoms with van der Waals surface area (Å²) in [5, 5.41) is 0.205. The van der Waals surface area contributed by atoms with Crippen LogP contribution in [0.25, 0.3) is 5.57 Å². The molecule has 4 rings (SSSR count). The maximum absolute atomic E-state index is 12.1. The second-order valence-electron chi connectivity index (χ2n) is 7.23. The van der Waals surface area contributed by atoms with Gasteiger partial charge in [0.1, 0.15) is 5.02 Å². The standard InChI is InChI=1S/C22H25ClN2O3/c23-20-5-6-21(24-22(20)26)19(15-16-7-11-27-12-8-16)17-1-3-18(4-2-17)25-9-13-28-14-10-25/h1-6,15-16H,7-14H2,(H,24,26). The van der Waals surface area contributed by atoms with E-state index in [2.05, 4.69) is 40.2 Å². The SMILES string of the molecule is O=c1[nH]c(C(=CC2CCOCC2)c2ccc(N3CCOCC3)cc2)ccc1Cl. The Labute approximate surface area is 169 Å². The van der Waals surface area contributed by atoms with E-state index in [4.69, 9.17) is 21.1 Å². The van der Waals surface area contributed by atoms with Crippen LogP contribution in [0.5, 0.6) is 0 Å². The van der Waals surface area contributed by atoms with E-state index in [1.54, 1.807) is 6.07 Å². The van der Waals surface area contributed by atoms with E-state index in [9.17, 15) is 4.79 Å². The van der Waals surface area contributed by atoms with Crippen LogP contribution in [-0.4, -0.2) is 44.5 Å². The minimum atomic E-state index is -0.262. The first-order valence-electron chi connectivity index (χ1n) is 9.82. The predicted molar refractivity (Wildman–Crippen MR) is 112 cm³/mol. The molecule has 5 nitrogen and oxygen atoms in total. The molecular weight excluding hydrogens is 376 g/mol. The van der Waals surface area contributed by atoms with Gasteiger partial charge in [0.05, 0.1) is 13.2 Å². The molecule has 0 unspecified atom stereocenters. The van der Waals surface area contributed by atoms with E-state index in [1.165, 1.54) is 5.69 Å². The molecule has 1 aromatic carbocycles. The Morgan fingerprint density at radius 3 is 2.36 bits per heavy atom. The Hall–Kier alpha value is -2.08. The summed E-state index contributed by atoms with van der Waals surface area (Å²) in [6, 6.07) is 12.1. The molecule has 2 aliphatic heterocycles. The molecule has 1 N–H and O–H groups in total. The fourth-order valence-corrected chi connectivity index (χ4v) is 3.86. The molecule has 2 aliphatic rings. The highest BCUT2D eigenvalue weighted by molar-refractivity contribution is 6.30. The van der Waals surface area contributed by atoms with Gasteiger partial charge in [-0.2, -0.15) is 0 Å². The molecule has 3 heterocycles. The molecule has 2 aromatic rings. The molecule has 6 heteroatoms. The van der Waals surface area contributed by atoms with Gasteiger partial charge in [-0.3, -0.25) is 4.79 Å². The lowest BCUT2D eigenvalue weighted by molar-refractivity contribution is 0.0786. The lowest BCUT2D eigenvalue weighted by Gasteiger charge is -2.29. The molecule has 0 bridgehead atoms. The molecule has 1 aromatic heterocycles. The summed E-state index contributed by atoms with van der Waals surface area (Å²) in [5.74, 6) is 0.432. The molecule has 0 amide bonds. The number of morpholine rings is 1. The third kappa shape index (κ3) is 4.49. The van der Waals surface area contributed by atoms with Crippen LogP contribution >= 0.6 is 11.6 Å². The number of benzene rings is 1. The highest BCUT2D eigenvalue weighted by Gasteiger charge is 2.16. The highest BCUT2D eigenvalue weighted by Crippen LogP contribution is 2.29. The van der Waals surface area contributed by atoms with Crippen LogP contribution in [0.2, 0.25) is 5.02 Å². The number of hydrogen-bond acceptors (Lipinski definition) is 4. The van der Waals surface area contributed by atoms with Crippen molar-refractivity contribution in [2.45, 2.75) is 12.8 Å². The maximum atomic E-state index is 12.1. The Morgan fingerprint density at radius 1 is 1.00 bits per heavy atom. The van der Waals surface area contributed by atoms with Gasteiger partial charge in [0, 0.05) is 43.3 Å². The summed E-state index contributed by atoms with van der Waals surface area (Å²) in [7, 11) is 0. The van der Waals surface area contributed by atoms with Crippen LogP contribution in [0.15, 0.2) is 47.3 Å². The largest absolute Gasteiger partial charge is 0.381 e. The second kappa shape index (κ2) is 8.95. The number of halogens is 1. The quantitative estimate of drug-likeness (QED) is 0.849. The average molecular weight is 401 g/mol. The van der Waals surface area contributed by atoms with Crippen molar-refractivity contribution in [3.63, 3.8) is 0 Å². The minimum absolute atomic E-state index is 0.205. The second-order valence-corrected chi connectivity index (χ2v) is 7.63. The lowest BCUT2D eigenvalue weighted by Crippen LogP contribution is -2.36. The zero-order chi connectivity index (χ0) is 19.3. The molecule has 2 saturated heterocycles. The van der Waals surface area contributed by atoms with Gasteiger partial charge in [-0.05, 0) is 48.6 Å². The van der Waals surface area contributed by atoms with Gasteiger partial charge < -0.3 is 19.4 Å². The first-order valence-corrected chi connectivity index (χ1v) is 10.2. The summed E-state index contributed by atoms with van der Waals surface area (Å²) < 4.78 is 10.9. The van der Waals surface area contributed by atoms with E-state index < -0.39 is 0 Å². The number of nitrogens with zero attached hydrogens (tertiary/aromatic N) is 1. The number of hydrogen-bond donors (Lipinski definition) is 1. The van der Waals surface area contributed by atoms with Crippen molar-refractivity contribution in [3.8, 4) is 0 Å². The van der Waals surface area contributed by atoms with E-state index in [0.29, 0.717) is 5.92 Å². The molecule has 0 atom stereocenters. The average Bonchev–Trinajstić information content (AvgIpc) is 2.76. The van der Waals surface area contributed by atoms with Gasteiger partial charge in [-0.1, -0.05) is 29.8 Å². The Balaban J connectivity index is 1.67. The summed E-state index contributed by atoms with van der Waals surface area (Å²) >= 11 is 5.93. The summed E-state index contributed by atoms with van der Waals surface area (Å²) in [4.78, 5) is 17.3. The van der Waals surface area contributed by atoms with Crippen LogP contribution < -0.4 is 10.5 Å². The molecule has 2 fully saturated rings. The molecule has 0 spiro atoms. The molecule has 0 aliphatic carbocycles. The third-order valence-electron chi connectivity index (χ3n) is 5.37. The third-order valence-corrected chi connectivity index (χ3v) is 5.67. The number of ether oxygens (including phenoxy) is 2. The van der Waals surface area contributed by atoms with Gasteiger partial charge in [0.25, 0.3) is 5.56 Å². The van der Waals surface area contributed by atoms with Crippen molar-refractivity contribution in [2.24, 2.45) is 5.92 Å². The van der Waals surface area contributed by atoms with E-state index in [1.807, 2.05) is 6.07 Å². The number of H-pyrrole nitrogens is 1. The zero-order valence-corrected chi connectivity index (χ0v) is 16.6. The number of allylic oxidation sites excluding steroid dienone is 1. The monoisotopic (exact) mass is 400 g/mol. The van der Waals surface area contributed by atoms with Crippen LogP contribution in [0.1, 0.15) is 24.1 Å². The van der Waals surface area contributed by atoms with E-state index in [-0.39, 0.29) is 10.6 Å². The lowest BCUT2D eigenvalue weighted by atomic mass is 9.92. The van der Waals surface area contributed by atoms with Crippen molar-refractivity contribution in [1.82, 2.24) is 4.98 Å². The topological polar surface area (TPSA) is 54.6 Å². The van der Waals surface area contributed by atoms with Crippen LogP contribution in [-0.2, 0) is 9.47 Å². The number of pyridine rings is 1. The Kier molecular flexibility index (Phi) is 6.15. The fraction of sp³-hybridized carbons (Fsp3) is 0.409.